The summed E-state index contributed by atoms with van der Waals surface area (Å²) in [4.78, 5) is 2.23. The molecule has 0 fully saturated rings. The standard InChI is InChI=1S/C52H33NO2/c1-3-13-34(14-4-1)39-30-31-40(43-18-8-7-17-42(39)43)36-25-27-37(28-26-36)53(38-29-32-50-47(33-38)44-19-9-10-24-49(44)54-50)48-23-12-22-46-45-21-11-20-41(51(45)55-52(46)48)35-15-5-2-6-16-35/h1-33H/i1D,3D,4D,13D,14D. The first-order valence-corrected chi connectivity index (χ1v) is 18.3. The molecule has 0 spiro atoms. The second-order valence-electron chi connectivity index (χ2n) is 13.7. The second-order valence-corrected chi connectivity index (χ2v) is 13.7. The van der Waals surface area contributed by atoms with E-state index < -0.39 is 6.04 Å². The average molecular weight is 709 g/mol. The zero-order valence-corrected chi connectivity index (χ0v) is 29.4. The molecule has 3 heteroatoms. The minimum atomic E-state index is -0.407. The van der Waals surface area contributed by atoms with Crippen LogP contribution in [0.1, 0.15) is 6.85 Å². The quantitative estimate of drug-likeness (QED) is 0.172. The van der Waals surface area contributed by atoms with Crippen molar-refractivity contribution in [1.29, 1.82) is 0 Å². The average Bonchev–Trinajstić information content (AvgIpc) is 3.87. The molecule has 3 nitrogen and oxygen atoms in total. The van der Waals surface area contributed by atoms with Crippen molar-refractivity contribution < 1.29 is 15.7 Å². The number of anilines is 3. The Morgan fingerprint density at radius 3 is 1.75 bits per heavy atom. The first-order valence-electron chi connectivity index (χ1n) is 20.8. The van der Waals surface area contributed by atoms with Crippen LogP contribution in [0.25, 0.3) is 88.0 Å². The van der Waals surface area contributed by atoms with Crippen LogP contribution >= 0.6 is 0 Å². The lowest BCUT2D eigenvalue weighted by Gasteiger charge is -2.26. The Kier molecular flexibility index (Phi) is 6.07. The van der Waals surface area contributed by atoms with Crippen LogP contribution in [0.15, 0.2) is 209 Å². The number of fused-ring (bicyclic) bond motifs is 7. The SMILES string of the molecule is [2H]c1c([2H])c([2H])c(-c2ccc(-c3ccc(N(c4ccc5oc6ccccc6c5c4)c4cccc5c4oc4c(-c6ccccc6)cccc45)cc3)c3ccccc23)c([2H])c1[2H]. The maximum absolute atomic E-state index is 8.69. The first-order chi connectivity index (χ1) is 29.4. The Labute approximate surface area is 324 Å². The largest absolute Gasteiger partial charge is 0.456 e. The molecular weight excluding hydrogens is 671 g/mol. The van der Waals surface area contributed by atoms with E-state index in [0.717, 1.165) is 94.0 Å². The number of para-hydroxylation sites is 3. The number of benzene rings is 9. The second kappa shape index (κ2) is 12.6. The van der Waals surface area contributed by atoms with Crippen LogP contribution in [0.4, 0.5) is 17.1 Å². The van der Waals surface area contributed by atoms with E-state index in [-0.39, 0.29) is 29.7 Å². The fourth-order valence-electron chi connectivity index (χ4n) is 8.05. The molecule has 0 saturated carbocycles. The summed E-state index contributed by atoms with van der Waals surface area (Å²) in [5, 5.41) is 5.81. The zero-order chi connectivity index (χ0) is 40.6. The molecule has 0 atom stereocenters. The van der Waals surface area contributed by atoms with Gasteiger partial charge < -0.3 is 13.7 Å². The van der Waals surface area contributed by atoms with Gasteiger partial charge in [0, 0.05) is 38.5 Å². The molecule has 2 aromatic heterocycles. The third-order valence-electron chi connectivity index (χ3n) is 10.6. The minimum Gasteiger partial charge on any atom is -0.456 e. The number of rotatable bonds is 6. The first kappa shape index (κ1) is 26.4. The molecule has 11 aromatic rings. The fourth-order valence-corrected chi connectivity index (χ4v) is 8.05. The third kappa shape index (κ3) is 5.13. The normalized spacial score (nSPS) is 12.9. The van der Waals surface area contributed by atoms with Gasteiger partial charge in [-0.05, 0) is 81.1 Å². The highest BCUT2D eigenvalue weighted by Crippen LogP contribution is 2.46. The lowest BCUT2D eigenvalue weighted by molar-refractivity contribution is 0.669. The topological polar surface area (TPSA) is 29.5 Å². The van der Waals surface area contributed by atoms with E-state index >= 15 is 0 Å². The van der Waals surface area contributed by atoms with Crippen molar-refractivity contribution in [3.8, 4) is 33.4 Å². The van der Waals surface area contributed by atoms with Crippen LogP contribution in [0, 0.1) is 0 Å². The van der Waals surface area contributed by atoms with Gasteiger partial charge in [0.25, 0.3) is 0 Å². The molecule has 9 aromatic carbocycles. The Bertz CT molecular complexity index is 3470. The van der Waals surface area contributed by atoms with Crippen LogP contribution in [0.3, 0.4) is 0 Å². The number of hydrogen-bond donors (Lipinski definition) is 0. The van der Waals surface area contributed by atoms with Gasteiger partial charge in [-0.3, -0.25) is 0 Å². The molecule has 55 heavy (non-hydrogen) atoms. The van der Waals surface area contributed by atoms with Gasteiger partial charge in [-0.25, -0.2) is 0 Å². The molecule has 0 aliphatic carbocycles. The summed E-state index contributed by atoms with van der Waals surface area (Å²) in [5.41, 5.74) is 10.8. The number of nitrogens with zero attached hydrogens (tertiary/aromatic N) is 1. The maximum Gasteiger partial charge on any atom is 0.159 e. The Morgan fingerprint density at radius 2 is 0.964 bits per heavy atom. The van der Waals surface area contributed by atoms with Crippen LogP contribution in [-0.2, 0) is 0 Å². The summed E-state index contributed by atoms with van der Waals surface area (Å²) in [5.74, 6) is 0. The van der Waals surface area contributed by atoms with Gasteiger partial charge in [-0.1, -0.05) is 158 Å². The summed E-state index contributed by atoms with van der Waals surface area (Å²) < 4.78 is 55.3. The van der Waals surface area contributed by atoms with E-state index in [4.69, 9.17) is 15.7 Å². The molecule has 0 radical (unpaired) electrons. The van der Waals surface area contributed by atoms with Crippen LogP contribution < -0.4 is 4.90 Å². The van der Waals surface area contributed by atoms with E-state index in [0.29, 0.717) is 5.56 Å². The van der Waals surface area contributed by atoms with Crippen molar-refractivity contribution in [3.05, 3.63) is 200 Å². The smallest absolute Gasteiger partial charge is 0.159 e. The van der Waals surface area contributed by atoms with Gasteiger partial charge in [-0.15, -0.1) is 0 Å². The lowest BCUT2D eigenvalue weighted by Crippen LogP contribution is -2.10. The molecule has 0 aliphatic rings. The maximum atomic E-state index is 8.69. The van der Waals surface area contributed by atoms with Gasteiger partial charge in [-0.2, -0.15) is 0 Å². The summed E-state index contributed by atoms with van der Waals surface area (Å²) in [6, 6.07) is 55.8. The van der Waals surface area contributed by atoms with Gasteiger partial charge in [0.2, 0.25) is 0 Å². The highest BCUT2D eigenvalue weighted by Gasteiger charge is 2.22. The van der Waals surface area contributed by atoms with E-state index in [9.17, 15) is 0 Å². The summed E-state index contributed by atoms with van der Waals surface area (Å²) in [7, 11) is 0. The van der Waals surface area contributed by atoms with Crippen molar-refractivity contribution in [3.63, 3.8) is 0 Å². The van der Waals surface area contributed by atoms with Crippen molar-refractivity contribution in [1.82, 2.24) is 0 Å². The third-order valence-corrected chi connectivity index (χ3v) is 10.6. The van der Waals surface area contributed by atoms with Crippen molar-refractivity contribution >= 4 is 71.7 Å². The number of furan rings is 2. The van der Waals surface area contributed by atoms with E-state index in [2.05, 4.69) is 95.9 Å². The highest BCUT2D eigenvalue weighted by molar-refractivity contribution is 6.14. The summed E-state index contributed by atoms with van der Waals surface area (Å²) in [6.45, 7) is 0. The summed E-state index contributed by atoms with van der Waals surface area (Å²) in [6.07, 6.45) is 0. The van der Waals surface area contributed by atoms with Crippen LogP contribution in [-0.4, -0.2) is 0 Å². The number of hydrogen-bond acceptors (Lipinski definition) is 3. The molecule has 0 amide bonds. The van der Waals surface area contributed by atoms with Crippen molar-refractivity contribution in [2.24, 2.45) is 0 Å². The van der Waals surface area contributed by atoms with Crippen molar-refractivity contribution in [2.75, 3.05) is 4.90 Å². The molecule has 0 unspecified atom stereocenters. The monoisotopic (exact) mass is 708 g/mol. The predicted molar refractivity (Wildman–Crippen MR) is 229 cm³/mol. The van der Waals surface area contributed by atoms with E-state index in [1.165, 1.54) is 0 Å². The van der Waals surface area contributed by atoms with Crippen molar-refractivity contribution in [2.45, 2.75) is 0 Å². The molecule has 0 saturated heterocycles. The van der Waals surface area contributed by atoms with Gasteiger partial charge >= 0.3 is 0 Å². The molecular formula is C52H33NO2. The Hall–Kier alpha value is -7.36. The molecule has 258 valence electrons. The van der Waals surface area contributed by atoms with E-state index in [1.807, 2.05) is 78.9 Å². The van der Waals surface area contributed by atoms with Crippen LogP contribution in [0.5, 0.6) is 0 Å². The highest BCUT2D eigenvalue weighted by atomic mass is 16.3. The molecule has 0 aliphatic heterocycles. The Balaban J connectivity index is 1.09. The lowest BCUT2D eigenvalue weighted by atomic mass is 9.92. The Morgan fingerprint density at radius 1 is 0.364 bits per heavy atom. The van der Waals surface area contributed by atoms with E-state index in [1.54, 1.807) is 0 Å². The molecule has 11 rings (SSSR count). The fraction of sp³-hybridized carbons (Fsp3) is 0. The van der Waals surface area contributed by atoms with Gasteiger partial charge in [0.05, 0.1) is 12.5 Å². The zero-order valence-electron chi connectivity index (χ0n) is 34.4. The molecule has 2 heterocycles. The van der Waals surface area contributed by atoms with Gasteiger partial charge in [0.15, 0.2) is 5.58 Å². The van der Waals surface area contributed by atoms with Crippen LogP contribution in [0.2, 0.25) is 0 Å². The predicted octanol–water partition coefficient (Wildman–Crippen LogP) is 15.1. The minimum absolute atomic E-state index is 0.188. The molecule has 0 N–H and O–H groups in total. The summed E-state index contributed by atoms with van der Waals surface area (Å²) >= 11 is 0. The molecule has 0 bridgehead atoms. The van der Waals surface area contributed by atoms with Gasteiger partial charge in [0.1, 0.15) is 16.7 Å².